The summed E-state index contributed by atoms with van der Waals surface area (Å²) in [6.45, 7) is 6.90. The van der Waals surface area contributed by atoms with E-state index in [4.69, 9.17) is 20.8 Å². The molecule has 1 aromatic carbocycles. The number of oxazole rings is 1. The third-order valence-corrected chi connectivity index (χ3v) is 6.84. The number of sulfonamides is 1. The zero-order valence-corrected chi connectivity index (χ0v) is 17.8. The van der Waals surface area contributed by atoms with E-state index in [0.717, 1.165) is 12.8 Å². The van der Waals surface area contributed by atoms with Crippen LogP contribution in [0.2, 0.25) is 5.02 Å². The number of aromatic nitrogens is 1. The van der Waals surface area contributed by atoms with Gasteiger partial charge in [0.1, 0.15) is 6.26 Å². The van der Waals surface area contributed by atoms with E-state index in [1.807, 2.05) is 0 Å². The molecule has 152 valence electrons. The standard InChI is InChI=1S/C19H23ClN2O5S/c1-11(2)27-19(23)16-10-26-18(21-16)9-22(14-5-6-14)28(24,25)17-8-12(3)15(20)7-13(17)4/h7-8,10-11,14H,5-6,9H2,1-4H3. The summed E-state index contributed by atoms with van der Waals surface area (Å²) in [5.41, 5.74) is 1.29. The van der Waals surface area contributed by atoms with Crippen molar-refractivity contribution < 1.29 is 22.4 Å². The minimum Gasteiger partial charge on any atom is -0.458 e. The second kappa shape index (κ2) is 7.85. The van der Waals surface area contributed by atoms with Crippen LogP contribution in [0.5, 0.6) is 0 Å². The Morgan fingerprint density at radius 3 is 2.61 bits per heavy atom. The first-order chi connectivity index (χ1) is 13.1. The average Bonchev–Trinajstić information content (AvgIpc) is 3.32. The predicted molar refractivity (Wildman–Crippen MR) is 104 cm³/mol. The smallest absolute Gasteiger partial charge is 0.360 e. The molecule has 1 saturated carbocycles. The van der Waals surface area contributed by atoms with E-state index in [0.29, 0.717) is 16.1 Å². The molecule has 1 aliphatic rings. The Kier molecular flexibility index (Phi) is 5.84. The molecule has 28 heavy (non-hydrogen) atoms. The summed E-state index contributed by atoms with van der Waals surface area (Å²) in [7, 11) is -3.78. The van der Waals surface area contributed by atoms with Crippen LogP contribution in [0.4, 0.5) is 0 Å². The Morgan fingerprint density at radius 1 is 1.32 bits per heavy atom. The van der Waals surface area contributed by atoms with E-state index in [1.165, 1.54) is 10.6 Å². The molecule has 7 nitrogen and oxygen atoms in total. The van der Waals surface area contributed by atoms with Gasteiger partial charge in [-0.3, -0.25) is 0 Å². The maximum Gasteiger partial charge on any atom is 0.360 e. The van der Waals surface area contributed by atoms with Gasteiger partial charge in [-0.25, -0.2) is 18.2 Å². The summed E-state index contributed by atoms with van der Waals surface area (Å²) >= 11 is 6.11. The summed E-state index contributed by atoms with van der Waals surface area (Å²) in [5, 5.41) is 0.524. The van der Waals surface area contributed by atoms with Crippen molar-refractivity contribution in [3.8, 4) is 0 Å². The van der Waals surface area contributed by atoms with Gasteiger partial charge in [0.05, 0.1) is 17.5 Å². The van der Waals surface area contributed by atoms with Gasteiger partial charge in [0.2, 0.25) is 15.9 Å². The molecule has 0 saturated heterocycles. The highest BCUT2D eigenvalue weighted by Crippen LogP contribution is 2.35. The van der Waals surface area contributed by atoms with Crippen molar-refractivity contribution in [1.82, 2.24) is 9.29 Å². The van der Waals surface area contributed by atoms with Crippen molar-refractivity contribution in [2.45, 2.75) is 64.1 Å². The van der Waals surface area contributed by atoms with Crippen LogP contribution < -0.4 is 0 Å². The van der Waals surface area contributed by atoms with Crippen molar-refractivity contribution in [3.63, 3.8) is 0 Å². The number of aryl methyl sites for hydroxylation is 2. The van der Waals surface area contributed by atoms with Gasteiger partial charge < -0.3 is 9.15 Å². The lowest BCUT2D eigenvalue weighted by atomic mass is 10.2. The van der Waals surface area contributed by atoms with Crippen molar-refractivity contribution in [2.75, 3.05) is 0 Å². The fourth-order valence-electron chi connectivity index (χ4n) is 2.82. The van der Waals surface area contributed by atoms with Crippen LogP contribution in [0.15, 0.2) is 27.7 Å². The van der Waals surface area contributed by atoms with Crippen LogP contribution >= 0.6 is 11.6 Å². The summed E-state index contributed by atoms with van der Waals surface area (Å²) in [6.07, 6.45) is 2.45. The van der Waals surface area contributed by atoms with Crippen LogP contribution in [-0.4, -0.2) is 35.8 Å². The first-order valence-electron chi connectivity index (χ1n) is 9.03. The fraction of sp³-hybridized carbons (Fsp3) is 0.474. The van der Waals surface area contributed by atoms with E-state index in [-0.39, 0.29) is 35.2 Å². The van der Waals surface area contributed by atoms with Crippen LogP contribution in [0.1, 0.15) is 54.2 Å². The highest BCUT2D eigenvalue weighted by molar-refractivity contribution is 7.89. The van der Waals surface area contributed by atoms with Crippen LogP contribution in [0.3, 0.4) is 0 Å². The molecule has 0 bridgehead atoms. The number of ether oxygens (including phenoxy) is 1. The molecular weight excluding hydrogens is 404 g/mol. The number of hydrogen-bond acceptors (Lipinski definition) is 6. The maximum atomic E-state index is 13.3. The third-order valence-electron chi connectivity index (χ3n) is 4.39. The number of carbonyl (C=O) groups excluding carboxylic acids is 1. The molecule has 0 radical (unpaired) electrons. The van der Waals surface area contributed by atoms with Gasteiger partial charge in [-0.15, -0.1) is 0 Å². The number of benzene rings is 1. The van der Waals surface area contributed by atoms with Gasteiger partial charge >= 0.3 is 5.97 Å². The summed E-state index contributed by atoms with van der Waals surface area (Å²) < 4.78 is 38.4. The van der Waals surface area contributed by atoms with Gasteiger partial charge in [-0.2, -0.15) is 4.31 Å². The van der Waals surface area contributed by atoms with Crippen LogP contribution in [0, 0.1) is 13.8 Å². The van der Waals surface area contributed by atoms with Crippen molar-refractivity contribution >= 4 is 27.6 Å². The topological polar surface area (TPSA) is 89.7 Å². The first-order valence-corrected chi connectivity index (χ1v) is 10.9. The quantitative estimate of drug-likeness (QED) is 0.624. The number of nitrogens with zero attached hydrogens (tertiary/aromatic N) is 2. The Bertz CT molecular complexity index is 996. The number of esters is 1. The summed E-state index contributed by atoms with van der Waals surface area (Å²) in [5.74, 6) is -0.454. The fourth-order valence-corrected chi connectivity index (χ4v) is 4.96. The molecule has 2 aromatic rings. The van der Waals surface area contributed by atoms with Gasteiger partial charge in [-0.1, -0.05) is 11.6 Å². The average molecular weight is 427 g/mol. The molecular formula is C19H23ClN2O5S. The minimum atomic E-state index is -3.78. The van der Waals surface area contributed by atoms with E-state index in [2.05, 4.69) is 4.98 Å². The molecule has 0 unspecified atom stereocenters. The molecule has 1 aromatic heterocycles. The van der Waals surface area contributed by atoms with Gasteiger partial charge in [-0.05, 0) is 63.8 Å². The lowest BCUT2D eigenvalue weighted by molar-refractivity contribution is 0.0370. The van der Waals surface area contributed by atoms with E-state index < -0.39 is 16.0 Å². The van der Waals surface area contributed by atoms with E-state index in [1.54, 1.807) is 39.8 Å². The first kappa shape index (κ1) is 20.8. The van der Waals surface area contributed by atoms with Crippen molar-refractivity contribution in [2.24, 2.45) is 0 Å². The Balaban J connectivity index is 1.88. The second-order valence-electron chi connectivity index (χ2n) is 7.23. The Hall–Kier alpha value is -1.90. The molecule has 1 heterocycles. The molecule has 3 rings (SSSR count). The molecule has 0 aliphatic heterocycles. The van der Waals surface area contributed by atoms with E-state index in [9.17, 15) is 13.2 Å². The number of rotatable bonds is 7. The highest BCUT2D eigenvalue weighted by Gasteiger charge is 2.40. The van der Waals surface area contributed by atoms with Crippen LogP contribution in [-0.2, 0) is 21.3 Å². The summed E-state index contributed by atoms with van der Waals surface area (Å²) in [6, 6.07) is 3.13. The maximum absolute atomic E-state index is 13.3. The molecule has 0 amide bonds. The molecule has 0 N–H and O–H groups in total. The highest BCUT2D eigenvalue weighted by atomic mass is 35.5. The normalized spacial score (nSPS) is 14.7. The number of hydrogen-bond donors (Lipinski definition) is 0. The predicted octanol–water partition coefficient (Wildman–Crippen LogP) is 3.86. The molecule has 0 atom stereocenters. The lowest BCUT2D eigenvalue weighted by Crippen LogP contribution is -2.33. The molecule has 1 aliphatic carbocycles. The molecule has 9 heteroatoms. The molecule has 1 fully saturated rings. The Labute approximate surface area is 169 Å². The summed E-state index contributed by atoms with van der Waals surface area (Å²) in [4.78, 5) is 16.3. The number of halogens is 1. The second-order valence-corrected chi connectivity index (χ2v) is 9.50. The van der Waals surface area contributed by atoms with Gasteiger partial charge in [0.15, 0.2) is 5.69 Å². The van der Waals surface area contributed by atoms with Crippen LogP contribution in [0.25, 0.3) is 0 Å². The Morgan fingerprint density at radius 2 is 2.00 bits per heavy atom. The third kappa shape index (κ3) is 4.39. The van der Waals surface area contributed by atoms with Crippen molar-refractivity contribution in [1.29, 1.82) is 0 Å². The van der Waals surface area contributed by atoms with Gasteiger partial charge in [0, 0.05) is 11.1 Å². The minimum absolute atomic E-state index is 0.0235. The SMILES string of the molecule is Cc1cc(S(=O)(=O)N(Cc2nc(C(=O)OC(C)C)co2)C2CC2)c(C)cc1Cl. The molecule has 0 spiro atoms. The van der Waals surface area contributed by atoms with Crippen molar-refractivity contribution in [3.05, 3.63) is 46.1 Å². The van der Waals surface area contributed by atoms with Gasteiger partial charge in [0.25, 0.3) is 0 Å². The zero-order valence-electron chi connectivity index (χ0n) is 16.2. The number of carbonyl (C=O) groups is 1. The largest absolute Gasteiger partial charge is 0.458 e. The lowest BCUT2D eigenvalue weighted by Gasteiger charge is -2.22. The zero-order chi connectivity index (χ0) is 20.6. The van der Waals surface area contributed by atoms with E-state index >= 15 is 0 Å². The monoisotopic (exact) mass is 426 g/mol.